The Kier molecular flexibility index (Phi) is 4.28. The summed E-state index contributed by atoms with van der Waals surface area (Å²) in [6, 6.07) is 6.78. The summed E-state index contributed by atoms with van der Waals surface area (Å²) in [7, 11) is 1.58. The van der Waals surface area contributed by atoms with Crippen LogP contribution in [0, 0.1) is 0 Å². The molecule has 1 N–H and O–H groups in total. The van der Waals surface area contributed by atoms with E-state index < -0.39 is 11.5 Å². The van der Waals surface area contributed by atoms with E-state index in [0.29, 0.717) is 18.4 Å². The number of rotatable bonds is 4. The molecule has 1 amide bonds. The lowest BCUT2D eigenvalue weighted by molar-refractivity contribution is -0.151. The summed E-state index contributed by atoms with van der Waals surface area (Å²) in [4.78, 5) is 26.0. The number of benzene rings is 1. The molecule has 8 nitrogen and oxygen atoms in total. The summed E-state index contributed by atoms with van der Waals surface area (Å²) < 4.78 is 1.48. The van der Waals surface area contributed by atoms with Gasteiger partial charge >= 0.3 is 5.97 Å². The molecule has 1 saturated carbocycles. The number of carboxylic acid groups (broad SMARTS) is 1. The van der Waals surface area contributed by atoms with E-state index >= 15 is 0 Å². The Morgan fingerprint density at radius 3 is 2.38 bits per heavy atom. The molecule has 1 aliphatic rings. The number of aliphatic carboxylic acids is 1. The van der Waals surface area contributed by atoms with Crippen LogP contribution in [-0.4, -0.2) is 54.7 Å². The lowest BCUT2D eigenvalue weighted by atomic mass is 9.80. The Morgan fingerprint density at radius 1 is 1.17 bits per heavy atom. The van der Waals surface area contributed by atoms with Gasteiger partial charge in [-0.05, 0) is 47.5 Å². The predicted octanol–water partition coefficient (Wildman–Crippen LogP) is 1.52. The standard InChI is InChI=1S/C16H19N5O3/c1-20(16(15(23)24)9-3-2-4-10-16)14(22)12-5-7-13(8-6-12)21-11-17-18-19-21/h5-8,11H,2-4,9-10H2,1H3,(H,23,24). The number of hydrogen-bond donors (Lipinski definition) is 1. The van der Waals surface area contributed by atoms with Gasteiger partial charge in [0.05, 0.1) is 5.69 Å². The van der Waals surface area contributed by atoms with Crippen LogP contribution in [0.15, 0.2) is 30.6 Å². The second-order valence-electron chi connectivity index (χ2n) is 6.06. The Labute approximate surface area is 139 Å². The maximum atomic E-state index is 12.8. The number of tetrazole rings is 1. The van der Waals surface area contributed by atoms with Gasteiger partial charge in [0.15, 0.2) is 0 Å². The number of carboxylic acids is 1. The molecule has 0 aliphatic heterocycles. The molecule has 0 saturated heterocycles. The zero-order valence-electron chi connectivity index (χ0n) is 13.4. The van der Waals surface area contributed by atoms with Crippen molar-refractivity contribution in [3.63, 3.8) is 0 Å². The fourth-order valence-corrected chi connectivity index (χ4v) is 3.25. The molecule has 0 bridgehead atoms. The van der Waals surface area contributed by atoms with Gasteiger partial charge in [0.2, 0.25) is 0 Å². The van der Waals surface area contributed by atoms with Crippen molar-refractivity contribution in [2.75, 3.05) is 7.05 Å². The van der Waals surface area contributed by atoms with E-state index in [1.165, 1.54) is 15.9 Å². The lowest BCUT2D eigenvalue weighted by Crippen LogP contribution is -2.56. The first-order valence-electron chi connectivity index (χ1n) is 7.89. The molecular weight excluding hydrogens is 310 g/mol. The Hall–Kier alpha value is -2.77. The zero-order chi connectivity index (χ0) is 17.2. The third-order valence-electron chi connectivity index (χ3n) is 4.75. The fraction of sp³-hybridized carbons (Fsp3) is 0.438. The van der Waals surface area contributed by atoms with Gasteiger partial charge in [-0.3, -0.25) is 4.79 Å². The maximum Gasteiger partial charge on any atom is 0.329 e. The maximum absolute atomic E-state index is 12.8. The minimum absolute atomic E-state index is 0.289. The molecule has 0 atom stereocenters. The second-order valence-corrected chi connectivity index (χ2v) is 6.06. The number of carbonyl (C=O) groups is 2. The van der Waals surface area contributed by atoms with Crippen molar-refractivity contribution >= 4 is 11.9 Å². The van der Waals surface area contributed by atoms with E-state index in [2.05, 4.69) is 15.5 Å². The molecule has 126 valence electrons. The highest BCUT2D eigenvalue weighted by molar-refractivity contribution is 5.97. The average molecular weight is 329 g/mol. The largest absolute Gasteiger partial charge is 0.479 e. The van der Waals surface area contributed by atoms with E-state index in [4.69, 9.17) is 0 Å². The van der Waals surface area contributed by atoms with Crippen LogP contribution in [0.4, 0.5) is 0 Å². The van der Waals surface area contributed by atoms with Crippen LogP contribution in [0.1, 0.15) is 42.5 Å². The number of nitrogens with zero attached hydrogens (tertiary/aromatic N) is 5. The van der Waals surface area contributed by atoms with Gasteiger partial charge in [-0.25, -0.2) is 9.48 Å². The van der Waals surface area contributed by atoms with E-state index in [0.717, 1.165) is 24.9 Å². The summed E-state index contributed by atoms with van der Waals surface area (Å²) in [6.45, 7) is 0. The van der Waals surface area contributed by atoms with Gasteiger partial charge in [0.25, 0.3) is 5.91 Å². The van der Waals surface area contributed by atoms with E-state index in [-0.39, 0.29) is 5.91 Å². The van der Waals surface area contributed by atoms with Gasteiger partial charge in [0, 0.05) is 12.6 Å². The van der Waals surface area contributed by atoms with Crippen molar-refractivity contribution in [1.82, 2.24) is 25.1 Å². The summed E-state index contributed by atoms with van der Waals surface area (Å²) >= 11 is 0. The molecule has 1 aromatic carbocycles. The average Bonchev–Trinajstić information content (AvgIpc) is 3.15. The summed E-state index contributed by atoms with van der Waals surface area (Å²) in [6.07, 6.45) is 5.10. The van der Waals surface area contributed by atoms with Crippen LogP contribution in [0.25, 0.3) is 5.69 Å². The van der Waals surface area contributed by atoms with E-state index in [1.54, 1.807) is 31.3 Å². The first-order valence-corrected chi connectivity index (χ1v) is 7.89. The van der Waals surface area contributed by atoms with Crippen molar-refractivity contribution in [1.29, 1.82) is 0 Å². The lowest BCUT2D eigenvalue weighted by Gasteiger charge is -2.41. The first kappa shape index (κ1) is 16.1. The molecule has 0 radical (unpaired) electrons. The minimum Gasteiger partial charge on any atom is -0.479 e. The summed E-state index contributed by atoms with van der Waals surface area (Å²) in [5, 5.41) is 20.6. The number of amides is 1. The van der Waals surface area contributed by atoms with Crippen LogP contribution in [0.2, 0.25) is 0 Å². The van der Waals surface area contributed by atoms with E-state index in [1.807, 2.05) is 0 Å². The van der Waals surface area contributed by atoms with Gasteiger partial charge in [-0.1, -0.05) is 19.3 Å². The molecule has 0 spiro atoms. The van der Waals surface area contributed by atoms with Crippen molar-refractivity contribution in [3.8, 4) is 5.69 Å². The highest BCUT2D eigenvalue weighted by Gasteiger charge is 2.45. The van der Waals surface area contributed by atoms with Crippen LogP contribution in [-0.2, 0) is 4.79 Å². The fourth-order valence-electron chi connectivity index (χ4n) is 3.25. The predicted molar refractivity (Wildman–Crippen MR) is 84.7 cm³/mol. The minimum atomic E-state index is -1.11. The van der Waals surface area contributed by atoms with Crippen molar-refractivity contribution in [3.05, 3.63) is 36.2 Å². The van der Waals surface area contributed by atoms with Gasteiger partial charge in [0.1, 0.15) is 11.9 Å². The molecular formula is C16H19N5O3. The Bertz CT molecular complexity index is 721. The van der Waals surface area contributed by atoms with Crippen LogP contribution in [0.3, 0.4) is 0 Å². The second kappa shape index (κ2) is 6.38. The summed E-state index contributed by atoms with van der Waals surface area (Å²) in [5.74, 6) is -1.22. The van der Waals surface area contributed by atoms with Crippen molar-refractivity contribution in [2.24, 2.45) is 0 Å². The summed E-state index contributed by atoms with van der Waals surface area (Å²) in [5.41, 5.74) is 0.0643. The molecule has 8 heteroatoms. The quantitative estimate of drug-likeness (QED) is 0.912. The Morgan fingerprint density at radius 2 is 1.83 bits per heavy atom. The smallest absolute Gasteiger partial charge is 0.329 e. The SMILES string of the molecule is CN(C(=O)c1ccc(-n2cnnn2)cc1)C1(C(=O)O)CCCCC1. The normalized spacial score (nSPS) is 16.5. The topological polar surface area (TPSA) is 101 Å². The zero-order valence-corrected chi connectivity index (χ0v) is 13.4. The van der Waals surface area contributed by atoms with Gasteiger partial charge < -0.3 is 10.0 Å². The highest BCUT2D eigenvalue weighted by Crippen LogP contribution is 2.34. The van der Waals surface area contributed by atoms with Crippen LogP contribution in [0.5, 0.6) is 0 Å². The number of aromatic nitrogens is 4. The third kappa shape index (κ3) is 2.75. The molecule has 2 aromatic rings. The molecule has 24 heavy (non-hydrogen) atoms. The Balaban J connectivity index is 1.83. The third-order valence-corrected chi connectivity index (χ3v) is 4.75. The van der Waals surface area contributed by atoms with Crippen LogP contribution >= 0.6 is 0 Å². The van der Waals surface area contributed by atoms with Crippen LogP contribution < -0.4 is 0 Å². The monoisotopic (exact) mass is 329 g/mol. The van der Waals surface area contributed by atoms with Crippen molar-refractivity contribution < 1.29 is 14.7 Å². The van der Waals surface area contributed by atoms with E-state index in [9.17, 15) is 14.7 Å². The molecule has 1 aromatic heterocycles. The number of hydrogen-bond acceptors (Lipinski definition) is 5. The van der Waals surface area contributed by atoms with Crippen molar-refractivity contribution in [2.45, 2.75) is 37.6 Å². The molecule has 3 rings (SSSR count). The van der Waals surface area contributed by atoms with Gasteiger partial charge in [-0.2, -0.15) is 0 Å². The van der Waals surface area contributed by atoms with Gasteiger partial charge in [-0.15, -0.1) is 5.10 Å². The first-order chi connectivity index (χ1) is 11.5. The molecule has 1 heterocycles. The molecule has 0 unspecified atom stereocenters. The molecule has 1 fully saturated rings. The molecule has 1 aliphatic carbocycles. The number of carbonyl (C=O) groups excluding carboxylic acids is 1. The highest BCUT2D eigenvalue weighted by atomic mass is 16.4. The number of likely N-dealkylation sites (N-methyl/N-ethyl adjacent to an activating group) is 1.